The number of likely N-dealkylation sites (N-methyl/N-ethyl adjacent to an activating group) is 1. The quantitative estimate of drug-likeness (QED) is 0.409. The van der Waals surface area contributed by atoms with Gasteiger partial charge in [0, 0.05) is 73.3 Å². The summed E-state index contributed by atoms with van der Waals surface area (Å²) in [5, 5.41) is 7.76. The molecule has 0 radical (unpaired) electrons. The van der Waals surface area contributed by atoms with Crippen LogP contribution in [0.2, 0.25) is 0 Å². The Morgan fingerprint density at radius 3 is 2.53 bits per heavy atom. The number of carbonyl (C=O) groups excluding carboxylic acids is 1. The topological polar surface area (TPSA) is 66.3 Å². The molecule has 0 saturated carbocycles. The summed E-state index contributed by atoms with van der Waals surface area (Å²) >= 11 is 0. The molecule has 5 rings (SSSR count). The van der Waals surface area contributed by atoms with Crippen molar-refractivity contribution in [3.8, 4) is 16.9 Å². The summed E-state index contributed by atoms with van der Waals surface area (Å²) in [7, 11) is 2.16. The summed E-state index contributed by atoms with van der Waals surface area (Å²) in [6.45, 7) is 6.25. The van der Waals surface area contributed by atoms with Gasteiger partial charge in [0.05, 0.1) is 5.69 Å². The normalized spacial score (nSPS) is 14.3. The van der Waals surface area contributed by atoms with E-state index in [0.717, 1.165) is 59.9 Å². The van der Waals surface area contributed by atoms with Crippen molar-refractivity contribution < 1.29 is 4.79 Å². The molecule has 0 bridgehead atoms. The number of para-hydroxylation sites is 1. The van der Waals surface area contributed by atoms with Gasteiger partial charge >= 0.3 is 0 Å². The number of benzene rings is 2. The maximum Gasteiger partial charge on any atom is 0.248 e. The molecule has 7 nitrogen and oxygen atoms in total. The van der Waals surface area contributed by atoms with E-state index >= 15 is 0 Å². The van der Waals surface area contributed by atoms with E-state index in [-0.39, 0.29) is 5.91 Å². The van der Waals surface area contributed by atoms with Crippen molar-refractivity contribution in [2.24, 2.45) is 0 Å². The van der Waals surface area contributed by atoms with Crippen molar-refractivity contribution in [1.29, 1.82) is 0 Å². The highest BCUT2D eigenvalue weighted by atomic mass is 16.1. The zero-order chi connectivity index (χ0) is 24.9. The number of aromatic nitrogens is 3. The van der Waals surface area contributed by atoms with Gasteiger partial charge in [-0.3, -0.25) is 9.78 Å². The molecule has 2 aromatic heterocycles. The van der Waals surface area contributed by atoms with E-state index in [9.17, 15) is 4.79 Å². The van der Waals surface area contributed by atoms with Crippen LogP contribution in [0.25, 0.3) is 23.0 Å². The van der Waals surface area contributed by atoms with Crippen LogP contribution in [0.3, 0.4) is 0 Å². The Bertz CT molecular complexity index is 1360. The summed E-state index contributed by atoms with van der Waals surface area (Å²) < 4.78 is 1.82. The van der Waals surface area contributed by atoms with E-state index in [4.69, 9.17) is 5.10 Å². The van der Waals surface area contributed by atoms with Crippen molar-refractivity contribution in [2.45, 2.75) is 6.92 Å². The van der Waals surface area contributed by atoms with Gasteiger partial charge in [-0.15, -0.1) is 0 Å². The number of nitrogens with one attached hydrogen (secondary N) is 1. The number of anilines is 2. The van der Waals surface area contributed by atoms with E-state index in [1.807, 2.05) is 65.5 Å². The maximum absolute atomic E-state index is 12.8. The van der Waals surface area contributed by atoms with Crippen molar-refractivity contribution >= 4 is 23.4 Å². The van der Waals surface area contributed by atoms with Crippen molar-refractivity contribution in [1.82, 2.24) is 19.7 Å². The lowest BCUT2D eigenvalue weighted by atomic mass is 10.1. The van der Waals surface area contributed by atoms with Gasteiger partial charge in [-0.25, -0.2) is 4.68 Å². The molecular weight excluding hydrogens is 448 g/mol. The Kier molecular flexibility index (Phi) is 6.91. The fraction of sp³-hybridized carbons (Fsp3) is 0.207. The maximum atomic E-state index is 12.8. The Hall–Kier alpha value is -4.23. The molecule has 36 heavy (non-hydrogen) atoms. The largest absolute Gasteiger partial charge is 0.369 e. The van der Waals surface area contributed by atoms with E-state index in [0.29, 0.717) is 0 Å². The van der Waals surface area contributed by atoms with Crippen LogP contribution in [0.4, 0.5) is 11.4 Å². The molecule has 3 heterocycles. The van der Waals surface area contributed by atoms with Crippen LogP contribution < -0.4 is 10.2 Å². The zero-order valence-electron chi connectivity index (χ0n) is 20.6. The number of rotatable bonds is 6. The van der Waals surface area contributed by atoms with Gasteiger partial charge in [-0.05, 0) is 68.1 Å². The van der Waals surface area contributed by atoms with Gasteiger partial charge in [0.25, 0.3) is 0 Å². The average Bonchev–Trinajstić information content (AvgIpc) is 3.34. The summed E-state index contributed by atoms with van der Waals surface area (Å²) in [6, 6.07) is 19.9. The predicted octanol–water partition coefficient (Wildman–Crippen LogP) is 4.65. The smallest absolute Gasteiger partial charge is 0.248 e. The molecule has 1 N–H and O–H groups in total. The number of hydrogen-bond donors (Lipinski definition) is 1. The first-order chi connectivity index (χ1) is 17.6. The SMILES string of the molecule is Cc1cc(NC(=O)/C=C/c2cn(-c3ccccc3)nc2-c2cccnc2)ccc1N1CCN(C)CC1. The first-order valence-corrected chi connectivity index (χ1v) is 12.2. The molecule has 2 aromatic carbocycles. The first-order valence-electron chi connectivity index (χ1n) is 12.2. The predicted molar refractivity (Wildman–Crippen MR) is 145 cm³/mol. The lowest BCUT2D eigenvalue weighted by molar-refractivity contribution is -0.111. The molecule has 7 heteroatoms. The lowest BCUT2D eigenvalue weighted by Crippen LogP contribution is -2.44. The highest BCUT2D eigenvalue weighted by Gasteiger charge is 2.16. The molecule has 0 spiro atoms. The minimum Gasteiger partial charge on any atom is -0.369 e. The molecule has 182 valence electrons. The highest BCUT2D eigenvalue weighted by Crippen LogP contribution is 2.26. The van der Waals surface area contributed by atoms with Gasteiger partial charge in [-0.2, -0.15) is 5.10 Å². The van der Waals surface area contributed by atoms with E-state index in [1.165, 1.54) is 5.69 Å². The van der Waals surface area contributed by atoms with Crippen LogP contribution in [0.1, 0.15) is 11.1 Å². The van der Waals surface area contributed by atoms with Crippen LogP contribution in [-0.4, -0.2) is 58.8 Å². The van der Waals surface area contributed by atoms with Gasteiger partial charge in [-0.1, -0.05) is 18.2 Å². The third-order valence-corrected chi connectivity index (χ3v) is 6.42. The molecule has 1 fully saturated rings. The van der Waals surface area contributed by atoms with Gasteiger partial charge < -0.3 is 15.1 Å². The Labute approximate surface area is 211 Å². The molecule has 1 aliphatic rings. The standard InChI is InChI=1S/C29H30N6O/c1-22-19-25(11-12-27(22)34-17-15-33(2)16-18-34)31-28(36)13-10-24-21-35(26-8-4-3-5-9-26)32-29(24)23-7-6-14-30-20-23/h3-14,19-21H,15-18H2,1-2H3,(H,31,36)/b13-10+. The van der Waals surface area contributed by atoms with Crippen LogP contribution in [0.5, 0.6) is 0 Å². The van der Waals surface area contributed by atoms with Crippen LogP contribution in [0, 0.1) is 6.92 Å². The zero-order valence-corrected chi connectivity index (χ0v) is 20.6. The summed E-state index contributed by atoms with van der Waals surface area (Å²) in [5.74, 6) is -0.189. The van der Waals surface area contributed by atoms with Crippen LogP contribution in [-0.2, 0) is 4.79 Å². The van der Waals surface area contributed by atoms with Crippen LogP contribution in [0.15, 0.2) is 85.3 Å². The second kappa shape index (κ2) is 10.6. The summed E-state index contributed by atoms with van der Waals surface area (Å²) in [4.78, 5) is 21.8. The fourth-order valence-electron chi connectivity index (χ4n) is 4.43. The minimum atomic E-state index is -0.189. The molecule has 0 atom stereocenters. The number of nitrogens with zero attached hydrogens (tertiary/aromatic N) is 5. The van der Waals surface area contributed by atoms with Gasteiger partial charge in [0.1, 0.15) is 5.69 Å². The third kappa shape index (κ3) is 5.37. The average molecular weight is 479 g/mol. The van der Waals surface area contributed by atoms with E-state index in [2.05, 4.69) is 40.1 Å². The monoisotopic (exact) mass is 478 g/mol. The van der Waals surface area contributed by atoms with Crippen LogP contribution >= 0.6 is 0 Å². The second-order valence-electron chi connectivity index (χ2n) is 9.07. The Balaban J connectivity index is 1.33. The molecule has 4 aromatic rings. The number of aryl methyl sites for hydroxylation is 1. The van der Waals surface area contributed by atoms with Crippen molar-refractivity contribution in [2.75, 3.05) is 43.4 Å². The number of pyridine rings is 1. The number of amides is 1. The molecular formula is C29H30N6O. The number of piperazine rings is 1. The summed E-state index contributed by atoms with van der Waals surface area (Å²) in [5.41, 5.74) is 6.61. The molecule has 0 unspecified atom stereocenters. The van der Waals surface area contributed by atoms with E-state index in [1.54, 1.807) is 24.5 Å². The Morgan fingerprint density at radius 1 is 1.00 bits per heavy atom. The second-order valence-corrected chi connectivity index (χ2v) is 9.07. The van der Waals surface area contributed by atoms with Gasteiger partial charge in [0.2, 0.25) is 5.91 Å². The fourth-order valence-corrected chi connectivity index (χ4v) is 4.43. The van der Waals surface area contributed by atoms with Crippen molar-refractivity contribution in [3.05, 3.63) is 96.5 Å². The lowest BCUT2D eigenvalue weighted by Gasteiger charge is -2.35. The molecule has 1 aliphatic heterocycles. The van der Waals surface area contributed by atoms with Crippen molar-refractivity contribution in [3.63, 3.8) is 0 Å². The number of carbonyl (C=O) groups is 1. The minimum absolute atomic E-state index is 0.189. The Morgan fingerprint density at radius 2 is 1.81 bits per heavy atom. The molecule has 0 aliphatic carbocycles. The van der Waals surface area contributed by atoms with E-state index < -0.39 is 0 Å². The summed E-state index contributed by atoms with van der Waals surface area (Å²) in [6.07, 6.45) is 8.79. The molecule has 1 amide bonds. The van der Waals surface area contributed by atoms with Gasteiger partial charge in [0.15, 0.2) is 0 Å². The first kappa shape index (κ1) is 23.5. The molecule has 1 saturated heterocycles. The highest BCUT2D eigenvalue weighted by molar-refractivity contribution is 6.02. The number of hydrogen-bond acceptors (Lipinski definition) is 5. The third-order valence-electron chi connectivity index (χ3n) is 6.42.